The summed E-state index contributed by atoms with van der Waals surface area (Å²) in [5, 5.41) is 0. The Balaban J connectivity index is 0.00000115. The Kier molecular flexibility index (Phi) is 43.9. The molecule has 2 rings (SSSR count). The first-order valence-corrected chi connectivity index (χ1v) is 28.8. The zero-order valence-corrected chi connectivity index (χ0v) is 45.6. The van der Waals surface area contributed by atoms with E-state index in [9.17, 15) is 5.53 Å². The number of unbranched alkanes of at least 4 members (excludes halogenated alkanes) is 24. The van der Waals surface area contributed by atoms with Gasteiger partial charge < -0.3 is 5.53 Å². The molecule has 0 radical (unpaired) electrons. The van der Waals surface area contributed by atoms with Crippen molar-refractivity contribution in [2.75, 3.05) is 0 Å². The van der Waals surface area contributed by atoms with Crippen LogP contribution in [0.2, 0.25) is 0 Å². The fourth-order valence-electron chi connectivity index (χ4n) is 8.46. The summed E-state index contributed by atoms with van der Waals surface area (Å²) in [7, 11) is 0. The molecule has 2 aromatic rings. The van der Waals surface area contributed by atoms with Crippen LogP contribution in [-0.4, -0.2) is 10.7 Å². The van der Waals surface area contributed by atoms with E-state index in [1.807, 2.05) is 6.92 Å². The first kappa shape index (κ1) is 62.1. The Hall–Kier alpha value is -3.93. The SMILES string of the molecule is CC#CCCCc1ccccc1C(=C(CCCC)C(=C=[N+]=[N-])CCCCCC)c1ccccc1CCC#CCCCCCCCCCCCCC.CCCCCCC#[C][Ni][C]#CCCCCCC. The Morgan fingerprint density at radius 2 is 0.868 bits per heavy atom. The van der Waals surface area contributed by atoms with Gasteiger partial charge in [-0.2, -0.15) is 0 Å². The molecular formula is C65H96N2Ni. The Bertz CT molecular complexity index is 1910. The molecule has 0 saturated carbocycles. The van der Waals surface area contributed by atoms with Gasteiger partial charge >= 0.3 is 120 Å². The quantitative estimate of drug-likeness (QED) is 0.0126. The van der Waals surface area contributed by atoms with Crippen molar-refractivity contribution in [3.05, 3.63) is 87.5 Å². The Labute approximate surface area is 427 Å². The van der Waals surface area contributed by atoms with Crippen molar-refractivity contribution < 1.29 is 19.2 Å². The molecule has 0 unspecified atom stereocenters. The first-order valence-electron chi connectivity index (χ1n) is 27.9. The summed E-state index contributed by atoms with van der Waals surface area (Å²) in [6.07, 6.45) is 41.9. The molecule has 0 heterocycles. The molecule has 0 bridgehead atoms. The van der Waals surface area contributed by atoms with Crippen LogP contribution in [0.4, 0.5) is 0 Å². The van der Waals surface area contributed by atoms with Gasteiger partial charge in [-0.15, -0.1) is 28.5 Å². The second-order valence-electron chi connectivity index (χ2n) is 18.4. The average Bonchev–Trinajstić information content (AvgIpc) is 3.36. The minimum atomic E-state index is 0.863. The van der Waals surface area contributed by atoms with Gasteiger partial charge in [0.05, 0.1) is 5.57 Å². The summed E-state index contributed by atoms with van der Waals surface area (Å²) in [4.78, 5) is 9.67. The molecule has 0 atom stereocenters. The van der Waals surface area contributed by atoms with E-state index in [2.05, 4.69) is 139 Å². The van der Waals surface area contributed by atoms with Crippen molar-refractivity contribution >= 4 is 11.4 Å². The number of hydrogen-bond acceptors (Lipinski definition) is 0. The molecule has 0 aliphatic carbocycles. The monoisotopic (exact) mass is 963 g/mol. The maximum absolute atomic E-state index is 9.86. The van der Waals surface area contributed by atoms with Crippen molar-refractivity contribution in [3.63, 3.8) is 0 Å². The first-order chi connectivity index (χ1) is 33.6. The topological polar surface area (TPSA) is 36.4 Å². The van der Waals surface area contributed by atoms with E-state index in [4.69, 9.17) is 0 Å². The van der Waals surface area contributed by atoms with Gasteiger partial charge in [0, 0.05) is 19.3 Å². The molecule has 0 aliphatic heterocycles. The van der Waals surface area contributed by atoms with Crippen molar-refractivity contribution in [1.29, 1.82) is 0 Å². The summed E-state index contributed by atoms with van der Waals surface area (Å²) in [6, 6.07) is 17.9. The zero-order chi connectivity index (χ0) is 49.2. The molecule has 0 N–H and O–H groups in total. The summed E-state index contributed by atoms with van der Waals surface area (Å²) >= 11 is 1.29. The normalized spacial score (nSPS) is 10.6. The standard InChI is InChI=1S/C49H70N2.2C8H13.Ni/c1-5-9-13-16-17-18-19-20-21-22-23-24-25-26-29-35-44-37-31-33-41-47(44)49(46-40-32-30-36-43(46)34-27-14-10-6-2)48(39-12-8-4)45(42-51-50)38-28-15-11-7-3;2*1-3-5-7-8-6-4-2;/h30-33,36-37,40-41H,5,7-9,11-24,27-29,34-35,38-39H2,1-4H3;2*3,5-8H2,1H3;. The maximum atomic E-state index is 9.86. The van der Waals surface area contributed by atoms with Crippen LogP contribution in [0.5, 0.6) is 0 Å². The fourth-order valence-corrected chi connectivity index (χ4v) is 8.94. The van der Waals surface area contributed by atoms with Crippen LogP contribution in [0.3, 0.4) is 0 Å². The van der Waals surface area contributed by atoms with E-state index >= 15 is 0 Å². The fraction of sp³-hybridized carbons (Fsp3) is 0.631. The minimum absolute atomic E-state index is 0.863. The predicted molar refractivity (Wildman–Crippen MR) is 296 cm³/mol. The molecule has 0 amide bonds. The van der Waals surface area contributed by atoms with Crippen LogP contribution in [0, 0.1) is 45.3 Å². The van der Waals surface area contributed by atoms with E-state index in [0.717, 1.165) is 89.0 Å². The van der Waals surface area contributed by atoms with E-state index in [1.165, 1.54) is 189 Å². The number of nitrogens with zero attached hydrogens (tertiary/aromatic N) is 2. The molecule has 0 aliphatic rings. The molecule has 0 spiro atoms. The number of aryl methyl sites for hydroxylation is 2. The number of rotatable bonds is 35. The summed E-state index contributed by atoms with van der Waals surface area (Å²) in [6.45, 7) is 13.2. The van der Waals surface area contributed by atoms with Gasteiger partial charge in [0.1, 0.15) is 0 Å². The van der Waals surface area contributed by atoms with Gasteiger partial charge in [0.2, 0.25) is 0 Å². The van der Waals surface area contributed by atoms with E-state index in [-0.39, 0.29) is 0 Å². The second-order valence-corrected chi connectivity index (χ2v) is 19.1. The molecular weight excluding hydrogens is 867 g/mol. The van der Waals surface area contributed by atoms with Crippen LogP contribution in [0.1, 0.15) is 276 Å². The molecule has 2 aromatic carbocycles. The molecule has 68 heavy (non-hydrogen) atoms. The van der Waals surface area contributed by atoms with E-state index in [0.29, 0.717) is 0 Å². The van der Waals surface area contributed by atoms with Crippen molar-refractivity contribution in [2.45, 2.75) is 266 Å². The van der Waals surface area contributed by atoms with Gasteiger partial charge in [-0.1, -0.05) is 159 Å². The molecule has 376 valence electrons. The molecule has 2 nitrogen and oxygen atoms in total. The van der Waals surface area contributed by atoms with Crippen molar-refractivity contribution in [1.82, 2.24) is 0 Å². The molecule has 0 fully saturated rings. The van der Waals surface area contributed by atoms with Gasteiger partial charge in [0.25, 0.3) is 0 Å². The number of benzene rings is 2. The van der Waals surface area contributed by atoms with Crippen LogP contribution < -0.4 is 0 Å². The van der Waals surface area contributed by atoms with Crippen LogP contribution >= 0.6 is 0 Å². The number of allylic oxidation sites excluding steroid dienone is 2. The van der Waals surface area contributed by atoms with Gasteiger partial charge in [0.15, 0.2) is 0 Å². The molecule has 0 aromatic heterocycles. The predicted octanol–water partition coefficient (Wildman–Crippen LogP) is 19.4. The Morgan fingerprint density at radius 1 is 0.441 bits per heavy atom. The number of hydrogen-bond donors (Lipinski definition) is 0. The zero-order valence-electron chi connectivity index (χ0n) is 44.6. The van der Waals surface area contributed by atoms with Crippen LogP contribution in [0.15, 0.2) is 59.7 Å². The van der Waals surface area contributed by atoms with E-state index in [1.54, 1.807) is 0 Å². The third kappa shape index (κ3) is 32.8. The Morgan fingerprint density at radius 3 is 1.38 bits per heavy atom. The average molecular weight is 964 g/mol. The third-order valence-corrected chi connectivity index (χ3v) is 13.1. The second kappa shape index (κ2) is 48.1. The molecule has 0 saturated heterocycles. The van der Waals surface area contributed by atoms with Gasteiger partial charge in [-0.05, 0) is 91.7 Å². The third-order valence-electron chi connectivity index (χ3n) is 12.5. The van der Waals surface area contributed by atoms with Crippen LogP contribution in [0.25, 0.3) is 11.1 Å². The molecule has 3 heteroatoms. The van der Waals surface area contributed by atoms with Crippen molar-refractivity contribution in [2.24, 2.45) is 0 Å². The van der Waals surface area contributed by atoms with Gasteiger partial charge in [-0.3, -0.25) is 0 Å². The summed E-state index contributed by atoms with van der Waals surface area (Å²) in [5.41, 5.74) is 18.7. The van der Waals surface area contributed by atoms with Gasteiger partial charge in [-0.25, -0.2) is 0 Å². The summed E-state index contributed by atoms with van der Waals surface area (Å²) in [5.74, 6) is 22.8. The summed E-state index contributed by atoms with van der Waals surface area (Å²) < 4.78 is 0. The van der Waals surface area contributed by atoms with E-state index < -0.39 is 0 Å². The van der Waals surface area contributed by atoms with Crippen LogP contribution in [-0.2, 0) is 27.3 Å². The van der Waals surface area contributed by atoms with Crippen molar-refractivity contribution in [3.8, 4) is 45.3 Å².